The highest BCUT2D eigenvalue weighted by molar-refractivity contribution is 9.10. The molecule has 14 heavy (non-hydrogen) atoms. The molecule has 1 aliphatic rings. The lowest BCUT2D eigenvalue weighted by Crippen LogP contribution is -2.27. The number of alkyl halides is 1. The predicted molar refractivity (Wildman–Crippen MR) is 56.9 cm³/mol. The molecule has 1 heterocycles. The molecule has 76 valence electrons. The summed E-state index contributed by atoms with van der Waals surface area (Å²) < 4.78 is 20.6. The molecule has 0 aromatic heterocycles. The first-order valence-corrected chi connectivity index (χ1v) is 5.45. The number of hydrogen-bond acceptors (Lipinski definition) is 1. The molecule has 0 bridgehead atoms. The topological polar surface area (TPSA) is 9.23 Å². The zero-order valence-electron chi connectivity index (χ0n) is 7.97. The first-order chi connectivity index (χ1) is 6.63. The largest absolute Gasteiger partial charge is 0.377 e. The van der Waals surface area contributed by atoms with Crippen molar-refractivity contribution in [1.29, 1.82) is 0 Å². The number of benzene rings is 1. The Morgan fingerprint density at radius 2 is 2.36 bits per heavy atom. The molecule has 1 aliphatic heterocycles. The molecule has 0 amide bonds. The second-order valence-electron chi connectivity index (χ2n) is 3.79. The van der Waals surface area contributed by atoms with E-state index < -0.39 is 5.67 Å². The third-order valence-electron chi connectivity index (χ3n) is 2.77. The third-order valence-corrected chi connectivity index (χ3v) is 3.26. The van der Waals surface area contributed by atoms with Gasteiger partial charge < -0.3 is 4.74 Å². The summed E-state index contributed by atoms with van der Waals surface area (Å²) in [4.78, 5) is 0. The molecule has 0 aliphatic carbocycles. The Labute approximate surface area is 91.4 Å². The van der Waals surface area contributed by atoms with Gasteiger partial charge in [-0.1, -0.05) is 35.0 Å². The average molecular weight is 259 g/mol. The van der Waals surface area contributed by atoms with Gasteiger partial charge >= 0.3 is 0 Å². The molecule has 0 spiro atoms. The minimum absolute atomic E-state index is 0.0724. The molecule has 0 radical (unpaired) electrons. The Morgan fingerprint density at radius 3 is 2.93 bits per heavy atom. The van der Waals surface area contributed by atoms with Crippen molar-refractivity contribution < 1.29 is 9.13 Å². The summed E-state index contributed by atoms with van der Waals surface area (Å²) in [6.45, 7) is 2.56. The van der Waals surface area contributed by atoms with Gasteiger partial charge in [-0.3, -0.25) is 0 Å². The van der Waals surface area contributed by atoms with E-state index >= 15 is 0 Å². The molecule has 0 saturated carbocycles. The molecular formula is C11H12BrFO. The maximum atomic E-state index is 14.5. The summed E-state index contributed by atoms with van der Waals surface area (Å²) in [7, 11) is 0. The molecule has 1 aromatic rings. The molecular weight excluding hydrogens is 247 g/mol. The van der Waals surface area contributed by atoms with E-state index in [1.54, 1.807) is 0 Å². The molecule has 1 aromatic carbocycles. The summed E-state index contributed by atoms with van der Waals surface area (Å²) in [5.74, 6) is -0.0724. The number of halogens is 2. The van der Waals surface area contributed by atoms with Crippen LogP contribution in [0, 0.1) is 5.92 Å². The Balaban J connectivity index is 2.38. The van der Waals surface area contributed by atoms with Crippen molar-refractivity contribution in [1.82, 2.24) is 0 Å². The van der Waals surface area contributed by atoms with Crippen LogP contribution >= 0.6 is 15.9 Å². The van der Waals surface area contributed by atoms with Crippen LogP contribution in [-0.2, 0) is 10.4 Å². The zero-order valence-corrected chi connectivity index (χ0v) is 9.55. The number of hydrogen-bond donors (Lipinski definition) is 0. The Morgan fingerprint density at radius 1 is 1.57 bits per heavy atom. The second kappa shape index (κ2) is 3.63. The maximum absolute atomic E-state index is 14.5. The first kappa shape index (κ1) is 10.1. The van der Waals surface area contributed by atoms with Crippen LogP contribution in [0.15, 0.2) is 28.7 Å². The quantitative estimate of drug-likeness (QED) is 0.752. The lowest BCUT2D eigenvalue weighted by atomic mass is 9.87. The molecule has 1 fully saturated rings. The summed E-state index contributed by atoms with van der Waals surface area (Å²) in [6.07, 6.45) is 0. The molecule has 2 atom stereocenters. The smallest absolute Gasteiger partial charge is 0.163 e. The van der Waals surface area contributed by atoms with Gasteiger partial charge in [0.15, 0.2) is 5.67 Å². The highest BCUT2D eigenvalue weighted by Gasteiger charge is 2.43. The molecule has 2 rings (SSSR count). The van der Waals surface area contributed by atoms with E-state index in [0.717, 1.165) is 4.47 Å². The van der Waals surface area contributed by atoms with E-state index in [-0.39, 0.29) is 12.5 Å². The van der Waals surface area contributed by atoms with Gasteiger partial charge in [-0.25, -0.2) is 4.39 Å². The predicted octanol–water partition coefficient (Wildman–Crippen LogP) is 3.28. The fraction of sp³-hybridized carbons (Fsp3) is 0.455. The van der Waals surface area contributed by atoms with E-state index in [9.17, 15) is 4.39 Å². The van der Waals surface area contributed by atoms with Crippen molar-refractivity contribution in [3.05, 3.63) is 34.3 Å². The van der Waals surface area contributed by atoms with Crippen LogP contribution in [0.25, 0.3) is 0 Å². The van der Waals surface area contributed by atoms with Gasteiger partial charge in [0.05, 0.1) is 13.2 Å². The number of ether oxygens (including phenoxy) is 1. The van der Waals surface area contributed by atoms with Crippen LogP contribution in [0.3, 0.4) is 0 Å². The molecule has 2 unspecified atom stereocenters. The normalized spacial score (nSPS) is 32.1. The average Bonchev–Trinajstić information content (AvgIpc) is 2.49. The van der Waals surface area contributed by atoms with Gasteiger partial charge in [0.1, 0.15) is 0 Å². The summed E-state index contributed by atoms with van der Waals surface area (Å²) >= 11 is 3.35. The van der Waals surface area contributed by atoms with Crippen molar-refractivity contribution in [2.75, 3.05) is 13.2 Å². The van der Waals surface area contributed by atoms with Gasteiger partial charge in [-0.2, -0.15) is 0 Å². The standard InChI is InChI=1S/C11H12BrFO/c1-8-6-14-7-11(8,13)9-3-2-4-10(12)5-9/h2-5,8H,6-7H2,1H3. The third kappa shape index (κ3) is 1.59. The Kier molecular flexibility index (Phi) is 2.62. The van der Waals surface area contributed by atoms with Crippen LogP contribution in [0.2, 0.25) is 0 Å². The van der Waals surface area contributed by atoms with Crippen molar-refractivity contribution in [3.8, 4) is 0 Å². The lowest BCUT2D eigenvalue weighted by molar-refractivity contribution is 0.0994. The van der Waals surface area contributed by atoms with Crippen LogP contribution in [0.4, 0.5) is 4.39 Å². The van der Waals surface area contributed by atoms with Gasteiger partial charge in [0.25, 0.3) is 0 Å². The van der Waals surface area contributed by atoms with Crippen LogP contribution in [0.1, 0.15) is 12.5 Å². The minimum atomic E-state index is -1.32. The highest BCUT2D eigenvalue weighted by atomic mass is 79.9. The Bertz CT molecular complexity index is 342. The molecule has 1 nitrogen and oxygen atoms in total. The fourth-order valence-electron chi connectivity index (χ4n) is 1.77. The van der Waals surface area contributed by atoms with Crippen molar-refractivity contribution >= 4 is 15.9 Å². The lowest BCUT2D eigenvalue weighted by Gasteiger charge is -2.23. The summed E-state index contributed by atoms with van der Waals surface area (Å²) in [5, 5.41) is 0. The van der Waals surface area contributed by atoms with Crippen molar-refractivity contribution in [2.45, 2.75) is 12.6 Å². The fourth-order valence-corrected chi connectivity index (χ4v) is 2.17. The van der Waals surface area contributed by atoms with Gasteiger partial charge in [-0.05, 0) is 17.7 Å². The van der Waals surface area contributed by atoms with E-state index in [2.05, 4.69) is 15.9 Å². The SMILES string of the molecule is CC1COCC1(F)c1cccc(Br)c1. The summed E-state index contributed by atoms with van der Waals surface area (Å²) in [5.41, 5.74) is -0.610. The number of rotatable bonds is 1. The van der Waals surface area contributed by atoms with Crippen LogP contribution in [0.5, 0.6) is 0 Å². The summed E-state index contributed by atoms with van der Waals surface area (Å²) in [6, 6.07) is 7.39. The van der Waals surface area contributed by atoms with Gasteiger partial charge in [0.2, 0.25) is 0 Å². The Hall–Kier alpha value is -0.410. The molecule has 0 N–H and O–H groups in total. The van der Waals surface area contributed by atoms with Crippen LogP contribution in [-0.4, -0.2) is 13.2 Å². The van der Waals surface area contributed by atoms with Gasteiger partial charge in [-0.15, -0.1) is 0 Å². The van der Waals surface area contributed by atoms with Gasteiger partial charge in [0, 0.05) is 10.4 Å². The molecule has 3 heteroatoms. The van der Waals surface area contributed by atoms with E-state index in [1.807, 2.05) is 31.2 Å². The van der Waals surface area contributed by atoms with Crippen molar-refractivity contribution in [3.63, 3.8) is 0 Å². The van der Waals surface area contributed by atoms with E-state index in [4.69, 9.17) is 4.74 Å². The zero-order chi connectivity index (χ0) is 10.2. The van der Waals surface area contributed by atoms with Crippen molar-refractivity contribution in [2.24, 2.45) is 5.92 Å². The minimum Gasteiger partial charge on any atom is -0.377 e. The molecule has 1 saturated heterocycles. The van der Waals surface area contributed by atoms with Crippen LogP contribution < -0.4 is 0 Å². The van der Waals surface area contributed by atoms with E-state index in [1.165, 1.54) is 0 Å². The van der Waals surface area contributed by atoms with E-state index in [0.29, 0.717) is 12.2 Å². The second-order valence-corrected chi connectivity index (χ2v) is 4.70. The highest BCUT2D eigenvalue weighted by Crippen LogP contribution is 2.39. The first-order valence-electron chi connectivity index (χ1n) is 4.65. The monoisotopic (exact) mass is 258 g/mol. The maximum Gasteiger partial charge on any atom is 0.163 e.